The Morgan fingerprint density at radius 2 is 2.00 bits per heavy atom. The van der Waals surface area contributed by atoms with Crippen LogP contribution in [0, 0.1) is 11.8 Å². The van der Waals surface area contributed by atoms with E-state index in [-0.39, 0.29) is 0 Å². The summed E-state index contributed by atoms with van der Waals surface area (Å²) in [6.07, 6.45) is 10.5. The maximum absolute atomic E-state index is 6.32. The number of hydrogen-bond donors (Lipinski definition) is 1. The summed E-state index contributed by atoms with van der Waals surface area (Å²) < 4.78 is 6.32. The Hall–Kier alpha value is -1.02. The van der Waals surface area contributed by atoms with Gasteiger partial charge in [0, 0.05) is 29.8 Å². The molecule has 0 saturated carbocycles. The Balaban J connectivity index is 1.85. The van der Waals surface area contributed by atoms with Crippen molar-refractivity contribution in [3.8, 4) is 0 Å². The van der Waals surface area contributed by atoms with Crippen LogP contribution in [0.1, 0.15) is 82.9 Å². The van der Waals surface area contributed by atoms with Crippen LogP contribution in [-0.2, 0) is 11.2 Å². The van der Waals surface area contributed by atoms with Crippen LogP contribution in [0.3, 0.4) is 0 Å². The predicted octanol–water partition coefficient (Wildman–Crippen LogP) is 6.12. The molecule has 3 atom stereocenters. The highest BCUT2D eigenvalue weighted by Gasteiger charge is 2.41. The molecule has 24 heavy (non-hydrogen) atoms. The molecule has 0 aliphatic carbocycles. The highest BCUT2D eigenvalue weighted by Crippen LogP contribution is 2.46. The quantitative estimate of drug-likeness (QED) is 0.609. The van der Waals surface area contributed by atoms with Crippen LogP contribution in [0.5, 0.6) is 0 Å². The number of benzene rings is 1. The van der Waals surface area contributed by atoms with Gasteiger partial charge in [-0.25, -0.2) is 0 Å². The summed E-state index contributed by atoms with van der Waals surface area (Å²) >= 11 is 0. The van der Waals surface area contributed by atoms with Crippen LogP contribution in [0.4, 0.5) is 5.69 Å². The largest absolute Gasteiger partial charge is 0.381 e. The van der Waals surface area contributed by atoms with Crippen molar-refractivity contribution in [2.75, 3.05) is 11.9 Å². The van der Waals surface area contributed by atoms with Crippen molar-refractivity contribution in [1.29, 1.82) is 0 Å². The molecule has 0 spiro atoms. The monoisotopic (exact) mass is 329 g/mol. The van der Waals surface area contributed by atoms with Crippen molar-refractivity contribution in [1.82, 2.24) is 0 Å². The van der Waals surface area contributed by atoms with Gasteiger partial charge < -0.3 is 10.1 Å². The minimum Gasteiger partial charge on any atom is -0.381 e. The van der Waals surface area contributed by atoms with Gasteiger partial charge in [-0.15, -0.1) is 0 Å². The minimum atomic E-state index is 0.312. The molecule has 0 amide bonds. The van der Waals surface area contributed by atoms with Crippen LogP contribution < -0.4 is 5.32 Å². The third-order valence-corrected chi connectivity index (χ3v) is 6.20. The molecule has 1 aromatic carbocycles. The molecule has 1 aromatic rings. The third-order valence-electron chi connectivity index (χ3n) is 6.20. The van der Waals surface area contributed by atoms with Gasteiger partial charge in [-0.3, -0.25) is 0 Å². The van der Waals surface area contributed by atoms with Gasteiger partial charge >= 0.3 is 0 Å². The third kappa shape index (κ3) is 3.64. The summed E-state index contributed by atoms with van der Waals surface area (Å²) in [7, 11) is 0. The molecule has 1 N–H and O–H groups in total. The number of anilines is 1. The Labute approximate surface area is 148 Å². The van der Waals surface area contributed by atoms with Crippen molar-refractivity contribution in [2.24, 2.45) is 11.8 Å². The molecule has 0 bridgehead atoms. The number of aryl methyl sites for hydroxylation is 1. The molecule has 0 aromatic heterocycles. The van der Waals surface area contributed by atoms with Crippen molar-refractivity contribution in [2.45, 2.75) is 84.3 Å². The lowest BCUT2D eigenvalue weighted by Crippen LogP contribution is -2.45. The van der Waals surface area contributed by atoms with E-state index in [0.29, 0.717) is 18.1 Å². The van der Waals surface area contributed by atoms with Gasteiger partial charge in [0.15, 0.2) is 0 Å². The van der Waals surface area contributed by atoms with E-state index in [9.17, 15) is 0 Å². The van der Waals surface area contributed by atoms with Crippen LogP contribution >= 0.6 is 0 Å². The fourth-order valence-electron chi connectivity index (χ4n) is 4.76. The minimum absolute atomic E-state index is 0.312. The summed E-state index contributed by atoms with van der Waals surface area (Å²) in [4.78, 5) is 0. The molecule has 2 heteroatoms. The summed E-state index contributed by atoms with van der Waals surface area (Å²) in [6.45, 7) is 7.87. The molecule has 2 aliphatic rings. The van der Waals surface area contributed by atoms with E-state index in [1.807, 2.05) is 0 Å². The highest BCUT2D eigenvalue weighted by molar-refractivity contribution is 5.57. The van der Waals surface area contributed by atoms with E-state index < -0.39 is 0 Å². The Bertz CT molecular complexity index is 523. The molecule has 2 aliphatic heterocycles. The Morgan fingerprint density at radius 3 is 2.75 bits per heavy atom. The molecule has 0 radical (unpaired) electrons. The topological polar surface area (TPSA) is 21.3 Å². The maximum atomic E-state index is 6.32. The summed E-state index contributed by atoms with van der Waals surface area (Å²) in [6, 6.07) is 7.66. The van der Waals surface area contributed by atoms with Crippen molar-refractivity contribution >= 4 is 5.69 Å². The summed E-state index contributed by atoms with van der Waals surface area (Å²) in [5.74, 6) is 1.39. The number of ether oxygens (including phenoxy) is 1. The fraction of sp³-hybridized carbons (Fsp3) is 0.727. The van der Waals surface area contributed by atoms with Gasteiger partial charge in [0.05, 0.1) is 6.10 Å². The van der Waals surface area contributed by atoms with E-state index in [2.05, 4.69) is 44.3 Å². The summed E-state index contributed by atoms with van der Waals surface area (Å²) in [5.41, 5.74) is 4.24. The van der Waals surface area contributed by atoms with Gasteiger partial charge in [-0.2, -0.15) is 0 Å². The van der Waals surface area contributed by atoms with Crippen LogP contribution in [-0.4, -0.2) is 12.6 Å². The Kier molecular flexibility index (Phi) is 6.21. The van der Waals surface area contributed by atoms with Gasteiger partial charge in [-0.05, 0) is 43.2 Å². The maximum Gasteiger partial charge on any atom is 0.0892 e. The smallest absolute Gasteiger partial charge is 0.0892 e. The van der Waals surface area contributed by atoms with E-state index in [0.717, 1.165) is 12.5 Å². The second-order valence-electron chi connectivity index (χ2n) is 7.72. The van der Waals surface area contributed by atoms with Gasteiger partial charge in [0.1, 0.15) is 0 Å². The van der Waals surface area contributed by atoms with E-state index in [1.165, 1.54) is 68.2 Å². The van der Waals surface area contributed by atoms with Crippen molar-refractivity contribution in [3.63, 3.8) is 0 Å². The SMILES string of the molecule is CCCCCc1ccc2c(c1)[C@H]1OCCC[C@H]1[C@@H](C(CC)CC)N2. The first kappa shape index (κ1) is 17.8. The summed E-state index contributed by atoms with van der Waals surface area (Å²) in [5, 5.41) is 3.91. The lowest BCUT2D eigenvalue weighted by Gasteiger charge is -2.46. The zero-order valence-electron chi connectivity index (χ0n) is 15.8. The van der Waals surface area contributed by atoms with E-state index >= 15 is 0 Å². The van der Waals surface area contributed by atoms with Crippen LogP contribution in [0.25, 0.3) is 0 Å². The standard InChI is InChI=1S/C22H35NO/c1-4-7-8-10-16-12-13-20-19(15-16)22-18(11-9-14-24-22)21(23-20)17(5-2)6-3/h12-13,15,17-18,21-23H,4-11,14H2,1-3H3/t18-,21+,22-/m0/s1. The van der Waals surface area contributed by atoms with Crippen molar-refractivity contribution in [3.05, 3.63) is 29.3 Å². The van der Waals surface area contributed by atoms with Gasteiger partial charge in [0.2, 0.25) is 0 Å². The molecule has 2 heterocycles. The van der Waals surface area contributed by atoms with E-state index in [4.69, 9.17) is 4.74 Å². The normalized spacial score (nSPS) is 25.9. The highest BCUT2D eigenvalue weighted by atomic mass is 16.5. The molecule has 1 fully saturated rings. The molecule has 3 rings (SSSR count). The fourth-order valence-corrected chi connectivity index (χ4v) is 4.76. The first-order chi connectivity index (χ1) is 11.8. The molecule has 1 saturated heterocycles. The molecular weight excluding hydrogens is 294 g/mol. The second kappa shape index (κ2) is 8.38. The Morgan fingerprint density at radius 1 is 1.17 bits per heavy atom. The van der Waals surface area contributed by atoms with Crippen LogP contribution in [0.15, 0.2) is 18.2 Å². The lowest BCUT2D eigenvalue weighted by atomic mass is 9.73. The lowest BCUT2D eigenvalue weighted by molar-refractivity contribution is -0.0444. The number of rotatable bonds is 7. The zero-order chi connectivity index (χ0) is 16.9. The van der Waals surface area contributed by atoms with Crippen LogP contribution in [0.2, 0.25) is 0 Å². The van der Waals surface area contributed by atoms with E-state index in [1.54, 1.807) is 0 Å². The molecular formula is C22H35NO. The number of nitrogens with one attached hydrogen (secondary N) is 1. The van der Waals surface area contributed by atoms with Gasteiger partial charge in [0.25, 0.3) is 0 Å². The first-order valence-electron chi connectivity index (χ1n) is 10.3. The van der Waals surface area contributed by atoms with Gasteiger partial charge in [-0.1, -0.05) is 58.6 Å². The number of hydrogen-bond acceptors (Lipinski definition) is 2. The average Bonchev–Trinajstić information content (AvgIpc) is 2.63. The first-order valence-corrected chi connectivity index (χ1v) is 10.3. The van der Waals surface area contributed by atoms with Crippen molar-refractivity contribution < 1.29 is 4.74 Å². The predicted molar refractivity (Wildman–Crippen MR) is 103 cm³/mol. The average molecular weight is 330 g/mol. The second-order valence-corrected chi connectivity index (χ2v) is 7.72. The number of fused-ring (bicyclic) bond motifs is 3. The molecule has 134 valence electrons. The zero-order valence-corrected chi connectivity index (χ0v) is 15.8. The molecule has 0 unspecified atom stereocenters. The number of unbranched alkanes of at least 4 members (excludes halogenated alkanes) is 2. The molecule has 2 nitrogen and oxygen atoms in total.